The zero-order valence-electron chi connectivity index (χ0n) is 29.0. The van der Waals surface area contributed by atoms with Gasteiger partial charge in [0, 0.05) is 10.9 Å². The van der Waals surface area contributed by atoms with Crippen LogP contribution in [-0.4, -0.2) is 0 Å². The first-order chi connectivity index (χ1) is 24.4. The Morgan fingerprint density at radius 2 is 1.11 bits per heavy atom. The number of benzene rings is 9. The SMILES string of the molecule is [2H]c1c([2H])c([2H])c(-c2cccc3c2ccc2c(-c4ccc5c6c(cccc46)-c4cc6ccccc6cc4O5)c4ccccc4cc23)c([2H])c1[2H]. The first kappa shape index (κ1) is 20.1. The van der Waals surface area contributed by atoms with Gasteiger partial charge in [-0.2, -0.15) is 0 Å². The molecule has 0 N–H and O–H groups in total. The van der Waals surface area contributed by atoms with E-state index in [0.717, 1.165) is 82.2 Å². The van der Waals surface area contributed by atoms with Crippen molar-refractivity contribution in [1.82, 2.24) is 0 Å². The largest absolute Gasteiger partial charge is 0.456 e. The molecule has 0 spiro atoms. The first-order valence-corrected chi connectivity index (χ1v) is 15.1. The molecule has 208 valence electrons. The first-order valence-electron chi connectivity index (χ1n) is 17.6. The van der Waals surface area contributed by atoms with E-state index in [0.29, 0.717) is 5.56 Å². The van der Waals surface area contributed by atoms with Crippen molar-refractivity contribution in [2.75, 3.05) is 0 Å². The van der Waals surface area contributed by atoms with Crippen LogP contribution in [-0.2, 0) is 0 Å². The molecule has 0 bridgehead atoms. The minimum Gasteiger partial charge on any atom is -0.456 e. The second-order valence-electron chi connectivity index (χ2n) is 11.7. The molecule has 1 heteroatoms. The summed E-state index contributed by atoms with van der Waals surface area (Å²) in [4.78, 5) is 0. The monoisotopic (exact) mass is 575 g/mol. The molecule has 1 aliphatic rings. The fraction of sp³-hybridized carbons (Fsp3) is 0. The summed E-state index contributed by atoms with van der Waals surface area (Å²) < 4.78 is 48.7. The number of rotatable bonds is 2. The van der Waals surface area contributed by atoms with Gasteiger partial charge in [0.15, 0.2) is 0 Å². The summed E-state index contributed by atoms with van der Waals surface area (Å²) in [5, 5.41) is 10.6. The zero-order chi connectivity index (χ0) is 33.8. The van der Waals surface area contributed by atoms with Crippen LogP contribution in [0.25, 0.3) is 87.2 Å². The van der Waals surface area contributed by atoms with Crippen molar-refractivity contribution >= 4 is 53.9 Å². The van der Waals surface area contributed by atoms with Gasteiger partial charge in [-0.1, -0.05) is 127 Å². The van der Waals surface area contributed by atoms with Crippen molar-refractivity contribution in [3.05, 3.63) is 158 Å². The summed E-state index contributed by atoms with van der Waals surface area (Å²) in [6.45, 7) is 0. The highest BCUT2D eigenvalue weighted by molar-refractivity contribution is 6.24. The fourth-order valence-electron chi connectivity index (χ4n) is 7.33. The normalized spacial score (nSPS) is 13.7. The molecule has 0 amide bonds. The van der Waals surface area contributed by atoms with Gasteiger partial charge in [-0.25, -0.2) is 0 Å². The van der Waals surface area contributed by atoms with Crippen molar-refractivity contribution < 1.29 is 11.6 Å². The van der Waals surface area contributed by atoms with E-state index in [1.165, 1.54) is 5.39 Å². The number of hydrogen-bond donors (Lipinski definition) is 0. The van der Waals surface area contributed by atoms with Crippen molar-refractivity contribution in [3.8, 4) is 44.9 Å². The maximum atomic E-state index is 8.70. The highest BCUT2D eigenvalue weighted by Crippen LogP contribution is 2.51. The fourth-order valence-corrected chi connectivity index (χ4v) is 7.33. The molecular weight excluding hydrogens is 544 g/mol. The van der Waals surface area contributed by atoms with Gasteiger partial charge >= 0.3 is 0 Å². The lowest BCUT2D eigenvalue weighted by molar-refractivity contribution is 0.488. The molecule has 0 saturated heterocycles. The van der Waals surface area contributed by atoms with Crippen molar-refractivity contribution in [1.29, 1.82) is 0 Å². The lowest BCUT2D eigenvalue weighted by atomic mass is 9.85. The lowest BCUT2D eigenvalue weighted by Crippen LogP contribution is -1.98. The molecule has 0 aliphatic carbocycles. The van der Waals surface area contributed by atoms with E-state index in [-0.39, 0.29) is 29.7 Å². The van der Waals surface area contributed by atoms with Crippen LogP contribution in [0.2, 0.25) is 0 Å². The third kappa shape index (κ3) is 3.56. The quantitative estimate of drug-likeness (QED) is 0.147. The Hall–Kier alpha value is -5.92. The molecular formula is C44H26O. The highest BCUT2D eigenvalue weighted by atomic mass is 16.5. The molecule has 0 radical (unpaired) electrons. The van der Waals surface area contributed by atoms with E-state index >= 15 is 0 Å². The third-order valence-electron chi connectivity index (χ3n) is 9.30. The van der Waals surface area contributed by atoms with Gasteiger partial charge in [0.1, 0.15) is 11.5 Å². The predicted octanol–water partition coefficient (Wildman–Crippen LogP) is 12.6. The molecule has 45 heavy (non-hydrogen) atoms. The van der Waals surface area contributed by atoms with Gasteiger partial charge in [0.05, 0.1) is 6.85 Å². The van der Waals surface area contributed by atoms with Gasteiger partial charge in [-0.15, -0.1) is 0 Å². The third-order valence-corrected chi connectivity index (χ3v) is 9.30. The average Bonchev–Trinajstić information content (AvgIpc) is 3.15. The molecule has 1 nitrogen and oxygen atoms in total. The van der Waals surface area contributed by atoms with E-state index in [1.54, 1.807) is 0 Å². The molecule has 0 aromatic heterocycles. The number of fused-ring (bicyclic) bond motifs is 7. The Morgan fingerprint density at radius 1 is 0.400 bits per heavy atom. The zero-order valence-corrected chi connectivity index (χ0v) is 24.0. The van der Waals surface area contributed by atoms with Crippen molar-refractivity contribution in [3.63, 3.8) is 0 Å². The Labute approximate surface area is 267 Å². The van der Waals surface area contributed by atoms with Crippen LogP contribution in [0.1, 0.15) is 6.85 Å². The molecule has 1 heterocycles. The van der Waals surface area contributed by atoms with Crippen LogP contribution in [0, 0.1) is 0 Å². The number of hydrogen-bond acceptors (Lipinski definition) is 1. The Balaban J connectivity index is 1.28. The van der Waals surface area contributed by atoms with Gasteiger partial charge in [-0.3, -0.25) is 0 Å². The maximum absolute atomic E-state index is 8.70. The summed E-state index contributed by atoms with van der Waals surface area (Å²) >= 11 is 0. The van der Waals surface area contributed by atoms with Gasteiger partial charge in [0.2, 0.25) is 0 Å². The average molecular weight is 576 g/mol. The Bertz CT molecular complexity index is 2940. The van der Waals surface area contributed by atoms with E-state index in [1.807, 2.05) is 30.3 Å². The minimum atomic E-state index is -0.395. The van der Waals surface area contributed by atoms with Gasteiger partial charge < -0.3 is 4.74 Å². The summed E-state index contributed by atoms with van der Waals surface area (Å²) in [6, 6.07) is 42.6. The molecule has 1 aliphatic heterocycles. The van der Waals surface area contributed by atoms with Crippen molar-refractivity contribution in [2.24, 2.45) is 0 Å². The lowest BCUT2D eigenvalue weighted by Gasteiger charge is -2.24. The maximum Gasteiger partial charge on any atom is 0.135 e. The molecule has 0 atom stereocenters. The van der Waals surface area contributed by atoms with Crippen LogP contribution < -0.4 is 4.74 Å². The van der Waals surface area contributed by atoms with Crippen LogP contribution in [0.15, 0.2) is 158 Å². The van der Waals surface area contributed by atoms with E-state index < -0.39 is 6.04 Å². The van der Waals surface area contributed by atoms with Gasteiger partial charge in [0.25, 0.3) is 0 Å². The van der Waals surface area contributed by atoms with E-state index in [9.17, 15) is 0 Å². The molecule has 10 rings (SSSR count). The molecule has 9 aromatic rings. The van der Waals surface area contributed by atoms with E-state index in [4.69, 9.17) is 11.6 Å². The summed E-state index contributed by atoms with van der Waals surface area (Å²) in [5.74, 6) is 1.69. The summed E-state index contributed by atoms with van der Waals surface area (Å²) in [7, 11) is 0. The second-order valence-corrected chi connectivity index (χ2v) is 11.7. The Kier molecular flexibility index (Phi) is 4.15. The smallest absolute Gasteiger partial charge is 0.135 e. The topological polar surface area (TPSA) is 9.23 Å². The summed E-state index contributed by atoms with van der Waals surface area (Å²) in [6.07, 6.45) is 0. The number of ether oxygens (including phenoxy) is 1. The molecule has 9 aromatic carbocycles. The highest BCUT2D eigenvalue weighted by Gasteiger charge is 2.23. The van der Waals surface area contributed by atoms with E-state index in [2.05, 4.69) is 97.1 Å². The van der Waals surface area contributed by atoms with Gasteiger partial charge in [-0.05, 0) is 107 Å². The Morgan fingerprint density at radius 3 is 1.98 bits per heavy atom. The van der Waals surface area contributed by atoms with Crippen LogP contribution in [0.4, 0.5) is 0 Å². The molecule has 0 fully saturated rings. The van der Waals surface area contributed by atoms with Crippen LogP contribution in [0.3, 0.4) is 0 Å². The second kappa shape index (κ2) is 9.29. The molecule has 0 unspecified atom stereocenters. The standard InChI is InChI=1S/C44H26O/c1-2-10-27(11-3-1)31-16-8-17-33-34(31)20-21-38-39(33)25-30-14-6-7-15-32(30)43(38)37-22-23-41-44-35(37)18-9-19-36(44)40-24-28-12-4-5-13-29(28)26-42(40)45-41/h1-26H/i1D,2D,3D,10D,11D. The summed E-state index contributed by atoms with van der Waals surface area (Å²) in [5.41, 5.74) is 5.25. The van der Waals surface area contributed by atoms with Crippen molar-refractivity contribution in [2.45, 2.75) is 0 Å². The predicted molar refractivity (Wildman–Crippen MR) is 190 cm³/mol. The van der Waals surface area contributed by atoms with Crippen LogP contribution in [0.5, 0.6) is 11.5 Å². The minimum absolute atomic E-state index is 0.205. The molecule has 0 saturated carbocycles. The van der Waals surface area contributed by atoms with Crippen LogP contribution >= 0.6 is 0 Å².